The molecule has 12 aromatic heterocycles. The van der Waals surface area contributed by atoms with E-state index in [0.717, 1.165) is 223 Å². The molecule has 20 heteroatoms. The summed E-state index contributed by atoms with van der Waals surface area (Å²) in [6.07, 6.45) is 0. The number of nitrogens with zero attached hydrogens (tertiary/aromatic N) is 17. The highest BCUT2D eigenvalue weighted by Crippen LogP contribution is 2.52. The fraction of sp³-hybridized carbons (Fsp3) is 0. The molecule has 0 aliphatic rings. The maximum absolute atomic E-state index is 9.68. The molecule has 0 amide bonds. The van der Waals surface area contributed by atoms with Crippen LogP contribution in [0.15, 0.2) is 382 Å². The monoisotopic (exact) mass is 1790 g/mol. The van der Waals surface area contributed by atoms with E-state index in [0.29, 0.717) is 35.1 Å². The number of nitriles is 1. The first-order valence-corrected chi connectivity index (χ1v) is 47.1. The van der Waals surface area contributed by atoms with Crippen molar-refractivity contribution >= 4 is 248 Å². The van der Waals surface area contributed by atoms with E-state index >= 15 is 0 Å². The van der Waals surface area contributed by atoms with Gasteiger partial charge < -0.3 is 0 Å². The zero-order valence-electron chi connectivity index (χ0n) is 71.7. The molecule has 0 aliphatic carbocycles. The zero-order chi connectivity index (χ0) is 89.3. The third-order valence-corrected chi connectivity index (χ3v) is 29.5. The van der Waals surface area contributed by atoms with E-state index < -0.39 is 0 Å². The van der Waals surface area contributed by atoms with E-state index in [1.165, 1.54) is 24.9 Å². The van der Waals surface area contributed by atoms with Crippen LogP contribution < -0.4 is 0 Å². The molecule has 0 unspecified atom stereocenters. The smallest absolute Gasteiger partial charge is 0.238 e. The highest BCUT2D eigenvalue weighted by atomic mass is 32.1. The molecule has 0 spiro atoms. The van der Waals surface area contributed by atoms with Crippen LogP contribution in [-0.2, 0) is 0 Å². The van der Waals surface area contributed by atoms with Crippen LogP contribution in [0, 0.1) is 11.3 Å². The Morgan fingerprint density at radius 3 is 0.831 bits per heavy atom. The predicted octanol–water partition coefficient (Wildman–Crippen LogP) is 29.4. The molecule has 0 bridgehead atoms. The van der Waals surface area contributed by atoms with Crippen LogP contribution in [-0.4, -0.2) is 78.5 Å². The molecule has 0 aliphatic heterocycles. The average molecular weight is 1790 g/mol. The molecule has 0 saturated heterocycles. The molecule has 17 nitrogen and oxygen atoms in total. The van der Waals surface area contributed by atoms with Crippen LogP contribution in [0.3, 0.4) is 0 Å². The van der Waals surface area contributed by atoms with Gasteiger partial charge in [0.25, 0.3) is 0 Å². The Hall–Kier alpha value is -18.0. The van der Waals surface area contributed by atoms with E-state index in [4.69, 9.17) is 64.8 Å². The summed E-state index contributed by atoms with van der Waals surface area (Å²) in [7, 11) is 0. The van der Waals surface area contributed by atoms with Crippen LogP contribution in [0.5, 0.6) is 0 Å². The van der Waals surface area contributed by atoms with Crippen molar-refractivity contribution in [1.82, 2.24) is 78.5 Å². The van der Waals surface area contributed by atoms with Crippen molar-refractivity contribution in [3.8, 4) is 69.2 Å². The van der Waals surface area contributed by atoms with Crippen molar-refractivity contribution in [2.75, 3.05) is 0 Å². The van der Waals surface area contributed by atoms with E-state index in [9.17, 15) is 5.26 Å². The van der Waals surface area contributed by atoms with E-state index in [1.54, 1.807) is 34.0 Å². The van der Waals surface area contributed by atoms with Crippen LogP contribution in [0.2, 0.25) is 0 Å². The molecule has 0 saturated carbocycles. The number of thiophene rings is 3. The lowest BCUT2D eigenvalue weighted by Gasteiger charge is -2.12. The molecule has 0 N–H and O–H groups in total. The predicted molar refractivity (Wildman–Crippen MR) is 559 cm³/mol. The molecule has 12 heterocycles. The Kier molecular flexibility index (Phi) is 17.3. The molecule has 18 aromatic carbocycles. The first kappa shape index (κ1) is 76.8. The van der Waals surface area contributed by atoms with Gasteiger partial charge in [-0.05, 0) is 97.1 Å². The van der Waals surface area contributed by atoms with Crippen LogP contribution in [0.25, 0.3) is 277 Å². The van der Waals surface area contributed by atoms with Gasteiger partial charge in [-0.15, -0.1) is 34.0 Å². The van der Waals surface area contributed by atoms with Gasteiger partial charge in [0, 0.05) is 112 Å². The summed E-state index contributed by atoms with van der Waals surface area (Å²) in [6.45, 7) is 0. The zero-order valence-corrected chi connectivity index (χ0v) is 74.1. The lowest BCUT2D eigenvalue weighted by atomic mass is 10.0. The van der Waals surface area contributed by atoms with Gasteiger partial charge >= 0.3 is 0 Å². The molecule has 0 fully saturated rings. The largest absolute Gasteiger partial charge is 0.276 e. The van der Waals surface area contributed by atoms with Crippen LogP contribution in [0.1, 0.15) is 5.56 Å². The van der Waals surface area contributed by atoms with Crippen LogP contribution >= 0.6 is 34.0 Å². The second-order valence-electron chi connectivity index (χ2n) is 33.7. The molecular weight excluding hydrogens is 1730 g/mol. The second-order valence-corrected chi connectivity index (χ2v) is 36.9. The number of para-hydroxylation sites is 11. The Labute approximate surface area is 782 Å². The van der Waals surface area contributed by atoms with Crippen molar-refractivity contribution in [3.63, 3.8) is 0 Å². The summed E-state index contributed by atoms with van der Waals surface area (Å²) in [5, 5.41) is 24.9. The topological polar surface area (TPSA) is 206 Å². The maximum Gasteiger partial charge on any atom is 0.238 e. The Morgan fingerprint density at radius 2 is 0.478 bits per heavy atom. The molecular formula is C116H63N17S3. The van der Waals surface area contributed by atoms with Gasteiger partial charge in [-0.25, -0.2) is 54.8 Å². The van der Waals surface area contributed by atoms with Gasteiger partial charge in [-0.3, -0.25) is 13.7 Å². The molecule has 0 atom stereocenters. The van der Waals surface area contributed by atoms with Gasteiger partial charge in [0.05, 0.1) is 131 Å². The highest BCUT2D eigenvalue weighted by Gasteiger charge is 2.31. The number of rotatable bonds is 7. The second kappa shape index (κ2) is 30.6. The Bertz CT molecular complexity index is 10300. The molecule has 0 radical (unpaired) electrons. The van der Waals surface area contributed by atoms with E-state index in [-0.39, 0.29) is 0 Å². The summed E-state index contributed by atoms with van der Waals surface area (Å²) in [5.74, 6) is 3.00. The van der Waals surface area contributed by atoms with Crippen molar-refractivity contribution in [3.05, 3.63) is 388 Å². The quantitative estimate of drug-likeness (QED) is 0.136. The number of hydrogen-bond donors (Lipinski definition) is 0. The van der Waals surface area contributed by atoms with Gasteiger partial charge in [0.2, 0.25) is 17.8 Å². The normalized spacial score (nSPS) is 12.0. The van der Waals surface area contributed by atoms with Gasteiger partial charge in [0.1, 0.15) is 16.6 Å². The first-order chi connectivity index (χ1) is 67.4. The molecule has 136 heavy (non-hydrogen) atoms. The number of fused-ring (bicyclic) bond motifs is 35. The molecule has 30 aromatic rings. The average Bonchev–Trinajstić information content (AvgIpc) is 1.54. The number of benzene rings is 18. The number of aromatic nitrogens is 16. The summed E-state index contributed by atoms with van der Waals surface area (Å²) < 4.78 is 13.7. The highest BCUT2D eigenvalue weighted by molar-refractivity contribution is 7.28. The first-order valence-electron chi connectivity index (χ1n) is 44.7. The Morgan fingerprint density at radius 1 is 0.206 bits per heavy atom. The summed E-state index contributed by atoms with van der Waals surface area (Å²) in [4.78, 5) is 68.0. The lowest BCUT2D eigenvalue weighted by molar-refractivity contribution is 0.955. The third kappa shape index (κ3) is 11.9. The molecule has 30 rings (SSSR count). The standard InChI is InChI=1S/C39H20N6S.C39H22N6S.C38H21N5S/c40-21-22-10-9-11-23(20-22)34-24-12-1-4-15-27(24)43-39(44-34)45-30-18-7-2-13-25(30)32-35-36(42-29-17-6-5-16-28(29)41-35)33-26-14-3-8-19-31(26)46-38(33)37(32)45;1-3-13-23(14-4-1)37-42-38(24-15-5-2-6-16-24)44-39(43-37)45-29-21-11-7-17-25(29)31-33-34(41-28-20-10-9-19-27(28)40-33)32-26-18-8-12-22-30(26)46-36(32)35(31)45;1-2-12-22(13-3-1)33-23-14-4-7-17-26(23)41-38(42-33)43-29-20-10-5-15-24(29)31-34-35(40-28-19-9-8-18-27(28)39-34)32-25-16-6-11-21-30(25)44-37(32)36(31)43/h1-20H;1-22H;1-21H. The van der Waals surface area contributed by atoms with Crippen molar-refractivity contribution < 1.29 is 0 Å². The fourth-order valence-corrected chi connectivity index (χ4v) is 23.8. The van der Waals surface area contributed by atoms with Gasteiger partial charge in [-0.2, -0.15) is 15.2 Å². The lowest BCUT2D eigenvalue weighted by Crippen LogP contribution is -2.06. The van der Waals surface area contributed by atoms with Gasteiger partial charge in [-0.1, -0.05) is 285 Å². The van der Waals surface area contributed by atoms with Gasteiger partial charge in [0.15, 0.2) is 11.6 Å². The Balaban J connectivity index is 0.000000101. The third-order valence-electron chi connectivity index (χ3n) is 26.0. The minimum atomic E-state index is 0.561. The van der Waals surface area contributed by atoms with E-state index in [2.05, 4.69) is 202 Å². The summed E-state index contributed by atoms with van der Waals surface area (Å²) in [6, 6.07) is 132. The SMILES string of the molecule is N#Cc1cccc(-c2nc(-n3c4ccccc4c4c5nc6ccccc6nc5c5c6ccccc6sc5c43)nc3ccccc23)c1.c1ccc(-c2nc(-c3ccccc3)nc(-n3c4ccccc4c4c5nc6ccccc6nc5c5c6ccccc6sc5c43)n2)cc1.c1ccc(-c2nc(-n3c4ccccc4c4c5nc6ccccc6nc5c5c6ccccc6sc5c43)nc3ccccc23)cc1. The summed E-state index contributed by atoms with van der Waals surface area (Å²) in [5.41, 5.74) is 24.6. The molecule has 630 valence electrons. The minimum Gasteiger partial charge on any atom is -0.276 e. The van der Waals surface area contributed by atoms with Crippen molar-refractivity contribution in [1.29, 1.82) is 5.26 Å². The fourth-order valence-electron chi connectivity index (χ4n) is 20.1. The van der Waals surface area contributed by atoms with Crippen molar-refractivity contribution in [2.45, 2.75) is 0 Å². The number of hydrogen-bond acceptors (Lipinski definition) is 17. The minimum absolute atomic E-state index is 0.561. The van der Waals surface area contributed by atoms with Crippen molar-refractivity contribution in [2.24, 2.45) is 0 Å². The van der Waals surface area contributed by atoms with E-state index in [1.807, 2.05) is 200 Å². The van der Waals surface area contributed by atoms with Crippen LogP contribution in [0.4, 0.5) is 0 Å². The summed E-state index contributed by atoms with van der Waals surface area (Å²) >= 11 is 5.34. The maximum atomic E-state index is 9.68.